The van der Waals surface area contributed by atoms with E-state index in [2.05, 4.69) is 32.9 Å². The number of carbonyl (C=O) groups excluding carboxylic acids is 3. The zero-order valence-corrected chi connectivity index (χ0v) is 46.9. The molecular weight excluding hydrogens is 853 g/mol. The van der Waals surface area contributed by atoms with E-state index in [1.165, 1.54) is 257 Å². The number of ether oxygens (including phenoxy) is 3. The lowest BCUT2D eigenvalue weighted by atomic mass is 10.0. The number of hydrogen-bond donors (Lipinski definition) is 0. The van der Waals surface area contributed by atoms with E-state index in [0.717, 1.165) is 57.8 Å². The van der Waals surface area contributed by atoms with Crippen molar-refractivity contribution in [3.05, 3.63) is 12.2 Å². The molecule has 408 valence electrons. The highest BCUT2D eigenvalue weighted by atomic mass is 16.6. The Morgan fingerprint density at radius 3 is 0.725 bits per heavy atom. The second kappa shape index (κ2) is 58.7. The fraction of sp³-hybridized carbons (Fsp3) is 0.921. The zero-order valence-electron chi connectivity index (χ0n) is 46.9. The summed E-state index contributed by atoms with van der Waals surface area (Å²) in [6.07, 6.45) is 68.6. The van der Waals surface area contributed by atoms with Crippen LogP contribution in [0, 0.1) is 0 Å². The van der Waals surface area contributed by atoms with Gasteiger partial charge in [0.15, 0.2) is 6.10 Å². The summed E-state index contributed by atoms with van der Waals surface area (Å²) in [5.41, 5.74) is 0. The van der Waals surface area contributed by atoms with Crippen LogP contribution in [0.25, 0.3) is 0 Å². The molecule has 0 spiro atoms. The number of rotatable bonds is 58. The lowest BCUT2D eigenvalue weighted by Crippen LogP contribution is -2.30. The van der Waals surface area contributed by atoms with Gasteiger partial charge in [-0.15, -0.1) is 0 Å². The van der Waals surface area contributed by atoms with Gasteiger partial charge in [0.05, 0.1) is 0 Å². The number of carbonyl (C=O) groups is 3. The summed E-state index contributed by atoms with van der Waals surface area (Å²) < 4.78 is 16.7. The van der Waals surface area contributed by atoms with Crippen molar-refractivity contribution in [3.63, 3.8) is 0 Å². The fourth-order valence-corrected chi connectivity index (χ4v) is 9.56. The van der Waals surface area contributed by atoms with Gasteiger partial charge >= 0.3 is 17.9 Å². The molecule has 0 aromatic rings. The first kappa shape index (κ1) is 67.1. The van der Waals surface area contributed by atoms with Crippen molar-refractivity contribution in [2.75, 3.05) is 13.2 Å². The third-order valence-electron chi connectivity index (χ3n) is 14.3. The predicted molar refractivity (Wildman–Crippen MR) is 298 cm³/mol. The summed E-state index contributed by atoms with van der Waals surface area (Å²) >= 11 is 0. The van der Waals surface area contributed by atoms with Crippen LogP contribution >= 0.6 is 0 Å². The van der Waals surface area contributed by atoms with E-state index in [0.29, 0.717) is 19.3 Å². The van der Waals surface area contributed by atoms with Crippen molar-refractivity contribution in [1.29, 1.82) is 0 Å². The van der Waals surface area contributed by atoms with Gasteiger partial charge in [0.25, 0.3) is 0 Å². The molecule has 0 rings (SSSR count). The molecule has 1 unspecified atom stereocenters. The molecule has 0 aliphatic heterocycles. The summed E-state index contributed by atoms with van der Waals surface area (Å²) in [5, 5.41) is 0. The van der Waals surface area contributed by atoms with E-state index in [1.807, 2.05) is 0 Å². The van der Waals surface area contributed by atoms with Crippen molar-refractivity contribution < 1.29 is 28.6 Å². The highest BCUT2D eigenvalue weighted by molar-refractivity contribution is 5.71. The number of unbranched alkanes of at least 4 members (excludes halogenated alkanes) is 45. The minimum atomic E-state index is -0.759. The molecule has 0 fully saturated rings. The molecule has 0 aromatic carbocycles. The van der Waals surface area contributed by atoms with Crippen LogP contribution in [0.4, 0.5) is 0 Å². The molecule has 1 atom stereocenters. The normalized spacial score (nSPS) is 12.0. The third-order valence-corrected chi connectivity index (χ3v) is 14.3. The van der Waals surface area contributed by atoms with Crippen LogP contribution in [0.1, 0.15) is 355 Å². The van der Waals surface area contributed by atoms with E-state index in [4.69, 9.17) is 14.2 Å². The lowest BCUT2D eigenvalue weighted by Gasteiger charge is -2.18. The average molecular weight is 974 g/mol. The van der Waals surface area contributed by atoms with Crippen molar-refractivity contribution in [1.82, 2.24) is 0 Å². The first-order chi connectivity index (χ1) is 34.0. The standard InChI is InChI=1S/C63H120O6/c1-4-7-10-13-16-19-20-21-22-23-24-25-26-27-28-29-30-31-32-33-34-35-36-37-38-39-40-41-42-43-44-45-48-50-53-56-62(65)68-59-60(69-63(66)57-54-51-47-18-15-12-9-6-3)58-67-61(64)55-52-49-46-17-14-11-8-5-2/h23-24,60H,4-22,25-59H2,1-3H3/b24-23-. The molecule has 0 radical (unpaired) electrons. The highest BCUT2D eigenvalue weighted by Gasteiger charge is 2.19. The third kappa shape index (κ3) is 56.9. The van der Waals surface area contributed by atoms with Crippen LogP contribution < -0.4 is 0 Å². The number of allylic oxidation sites excluding steroid dienone is 2. The molecule has 6 heteroatoms. The second-order valence-electron chi connectivity index (χ2n) is 21.3. The average Bonchev–Trinajstić information content (AvgIpc) is 3.35. The Morgan fingerprint density at radius 2 is 0.478 bits per heavy atom. The molecule has 0 amide bonds. The minimum absolute atomic E-state index is 0.0639. The van der Waals surface area contributed by atoms with E-state index in [-0.39, 0.29) is 31.1 Å². The zero-order chi connectivity index (χ0) is 50.0. The van der Waals surface area contributed by atoms with E-state index in [9.17, 15) is 14.4 Å². The molecule has 0 aromatic heterocycles. The SMILES string of the molecule is CCCCCCCCCC/C=C\CCCCCCCCCCCCCCCCCCCCCCCCCC(=O)OCC(COC(=O)CCCCCCCCCC)OC(=O)CCCCCCCCCC. The molecule has 0 bridgehead atoms. The lowest BCUT2D eigenvalue weighted by molar-refractivity contribution is -0.167. The summed E-state index contributed by atoms with van der Waals surface area (Å²) in [6, 6.07) is 0. The molecule has 0 N–H and O–H groups in total. The first-order valence-corrected chi connectivity index (χ1v) is 31.2. The van der Waals surface area contributed by atoms with Gasteiger partial charge in [-0.3, -0.25) is 14.4 Å². The molecule has 0 aliphatic carbocycles. The Morgan fingerprint density at radius 1 is 0.275 bits per heavy atom. The highest BCUT2D eigenvalue weighted by Crippen LogP contribution is 2.18. The maximum absolute atomic E-state index is 12.7. The fourth-order valence-electron chi connectivity index (χ4n) is 9.56. The van der Waals surface area contributed by atoms with E-state index in [1.54, 1.807) is 0 Å². The van der Waals surface area contributed by atoms with Crippen molar-refractivity contribution in [2.45, 2.75) is 361 Å². The first-order valence-electron chi connectivity index (χ1n) is 31.2. The molecule has 0 saturated heterocycles. The maximum Gasteiger partial charge on any atom is 0.306 e. The van der Waals surface area contributed by atoms with Crippen molar-refractivity contribution in [2.24, 2.45) is 0 Å². The Kier molecular flexibility index (Phi) is 57.1. The van der Waals surface area contributed by atoms with Crippen molar-refractivity contribution >= 4 is 17.9 Å². The van der Waals surface area contributed by atoms with Gasteiger partial charge in [-0.25, -0.2) is 0 Å². The summed E-state index contributed by atoms with van der Waals surface area (Å²) in [4.78, 5) is 37.8. The maximum atomic E-state index is 12.7. The molecule has 0 aliphatic rings. The van der Waals surface area contributed by atoms with Crippen LogP contribution in [-0.4, -0.2) is 37.2 Å². The van der Waals surface area contributed by atoms with Gasteiger partial charge in [0, 0.05) is 19.3 Å². The van der Waals surface area contributed by atoms with Crippen LogP contribution in [0.15, 0.2) is 12.2 Å². The van der Waals surface area contributed by atoms with Crippen LogP contribution in [0.3, 0.4) is 0 Å². The summed E-state index contributed by atoms with van der Waals surface area (Å²) in [6.45, 7) is 6.62. The number of esters is 3. The molecular formula is C63H120O6. The Labute approximate surface area is 431 Å². The Balaban J connectivity index is 3.79. The van der Waals surface area contributed by atoms with Gasteiger partial charge in [-0.1, -0.05) is 303 Å². The topological polar surface area (TPSA) is 78.9 Å². The van der Waals surface area contributed by atoms with Gasteiger partial charge in [0.1, 0.15) is 13.2 Å². The van der Waals surface area contributed by atoms with Gasteiger partial charge < -0.3 is 14.2 Å². The monoisotopic (exact) mass is 973 g/mol. The minimum Gasteiger partial charge on any atom is -0.462 e. The number of hydrogen-bond acceptors (Lipinski definition) is 6. The van der Waals surface area contributed by atoms with Crippen LogP contribution in [0.5, 0.6) is 0 Å². The van der Waals surface area contributed by atoms with Gasteiger partial charge in [0.2, 0.25) is 0 Å². The van der Waals surface area contributed by atoms with Gasteiger partial charge in [-0.05, 0) is 44.9 Å². The van der Waals surface area contributed by atoms with E-state index >= 15 is 0 Å². The summed E-state index contributed by atoms with van der Waals surface area (Å²) in [7, 11) is 0. The molecule has 6 nitrogen and oxygen atoms in total. The predicted octanol–water partition coefficient (Wildman–Crippen LogP) is 20.9. The smallest absolute Gasteiger partial charge is 0.306 e. The Bertz CT molecular complexity index is 1070. The van der Waals surface area contributed by atoms with Crippen molar-refractivity contribution in [3.8, 4) is 0 Å². The van der Waals surface area contributed by atoms with Gasteiger partial charge in [-0.2, -0.15) is 0 Å². The molecule has 0 heterocycles. The van der Waals surface area contributed by atoms with Crippen LogP contribution in [0.2, 0.25) is 0 Å². The Hall–Kier alpha value is -1.85. The molecule has 0 saturated carbocycles. The quantitative estimate of drug-likeness (QED) is 0.0261. The largest absolute Gasteiger partial charge is 0.462 e. The molecule has 69 heavy (non-hydrogen) atoms. The van der Waals surface area contributed by atoms with E-state index < -0.39 is 6.10 Å². The van der Waals surface area contributed by atoms with Crippen LogP contribution in [-0.2, 0) is 28.6 Å². The summed E-state index contributed by atoms with van der Waals surface area (Å²) in [5.74, 6) is -0.854. The second-order valence-corrected chi connectivity index (χ2v) is 21.3.